The molecule has 7 heteroatoms. The molecule has 1 aromatic carbocycles. The maximum Gasteiger partial charge on any atom is 0.162 e. The van der Waals surface area contributed by atoms with E-state index in [0.29, 0.717) is 18.3 Å². The molecular formula is C21H25N5O2. The van der Waals surface area contributed by atoms with Crippen LogP contribution in [0.5, 0.6) is 5.75 Å². The number of aliphatic hydroxyl groups excluding tert-OH is 1. The molecule has 4 rings (SSSR count). The first-order valence-corrected chi connectivity index (χ1v) is 9.56. The SMILES string of the molecule is COc1ccccc1-c1ncc(CN[C@@H]2CC(Cn3cccn3)C[C@H]2O)cn1. The number of ether oxygens (including phenoxy) is 1. The Morgan fingerprint density at radius 1 is 1.18 bits per heavy atom. The number of para-hydroxylation sites is 1. The van der Waals surface area contributed by atoms with E-state index in [4.69, 9.17) is 4.74 Å². The molecule has 2 heterocycles. The lowest BCUT2D eigenvalue weighted by molar-refractivity contribution is 0.145. The van der Waals surface area contributed by atoms with Gasteiger partial charge in [-0.15, -0.1) is 0 Å². The van der Waals surface area contributed by atoms with Gasteiger partial charge in [-0.2, -0.15) is 5.10 Å². The fourth-order valence-electron chi connectivity index (χ4n) is 3.82. The number of nitrogens with one attached hydrogen (secondary N) is 1. The molecule has 1 saturated carbocycles. The molecule has 1 aliphatic rings. The summed E-state index contributed by atoms with van der Waals surface area (Å²) < 4.78 is 7.31. The number of hydrogen-bond donors (Lipinski definition) is 2. The number of hydrogen-bond acceptors (Lipinski definition) is 6. The molecule has 0 amide bonds. The molecular weight excluding hydrogens is 354 g/mol. The van der Waals surface area contributed by atoms with E-state index >= 15 is 0 Å². The van der Waals surface area contributed by atoms with Crippen LogP contribution in [0.25, 0.3) is 11.4 Å². The number of methoxy groups -OCH3 is 1. The van der Waals surface area contributed by atoms with Gasteiger partial charge in [0.1, 0.15) is 5.75 Å². The average Bonchev–Trinajstić information content (AvgIpc) is 3.36. The normalized spacial score (nSPS) is 21.7. The van der Waals surface area contributed by atoms with Gasteiger partial charge in [-0.1, -0.05) is 12.1 Å². The molecule has 1 unspecified atom stereocenters. The van der Waals surface area contributed by atoms with E-state index in [1.54, 1.807) is 13.3 Å². The molecule has 3 atom stereocenters. The van der Waals surface area contributed by atoms with Crippen LogP contribution in [0.4, 0.5) is 0 Å². The third-order valence-corrected chi connectivity index (χ3v) is 5.25. The van der Waals surface area contributed by atoms with Crippen molar-refractivity contribution < 1.29 is 9.84 Å². The maximum atomic E-state index is 10.4. The summed E-state index contributed by atoms with van der Waals surface area (Å²) in [6.45, 7) is 1.47. The van der Waals surface area contributed by atoms with Crippen LogP contribution >= 0.6 is 0 Å². The van der Waals surface area contributed by atoms with Crippen molar-refractivity contribution in [3.05, 3.63) is 60.7 Å². The fraction of sp³-hybridized carbons (Fsp3) is 0.381. The summed E-state index contributed by atoms with van der Waals surface area (Å²) in [6, 6.07) is 9.71. The van der Waals surface area contributed by atoms with Gasteiger partial charge in [-0.3, -0.25) is 4.68 Å². The molecule has 1 aliphatic carbocycles. The van der Waals surface area contributed by atoms with E-state index in [1.165, 1.54) is 0 Å². The molecule has 3 aromatic rings. The van der Waals surface area contributed by atoms with Crippen LogP contribution in [0.15, 0.2) is 55.1 Å². The highest BCUT2D eigenvalue weighted by Gasteiger charge is 2.32. The number of aliphatic hydroxyl groups is 1. The highest BCUT2D eigenvalue weighted by Crippen LogP contribution is 2.28. The summed E-state index contributed by atoms with van der Waals surface area (Å²) >= 11 is 0. The summed E-state index contributed by atoms with van der Waals surface area (Å²) in [4.78, 5) is 8.96. The lowest BCUT2D eigenvalue weighted by Gasteiger charge is -2.16. The summed E-state index contributed by atoms with van der Waals surface area (Å²) in [5.41, 5.74) is 1.86. The molecule has 146 valence electrons. The lowest BCUT2D eigenvalue weighted by Crippen LogP contribution is -2.35. The Bertz CT molecular complexity index is 882. The smallest absolute Gasteiger partial charge is 0.162 e. The van der Waals surface area contributed by atoms with Gasteiger partial charge in [-0.05, 0) is 37.0 Å². The minimum absolute atomic E-state index is 0.0782. The quantitative estimate of drug-likeness (QED) is 0.655. The second-order valence-corrected chi connectivity index (χ2v) is 7.24. The number of aromatic nitrogens is 4. The molecule has 28 heavy (non-hydrogen) atoms. The molecule has 2 N–H and O–H groups in total. The molecule has 1 fully saturated rings. The van der Waals surface area contributed by atoms with Gasteiger partial charge in [0, 0.05) is 49.5 Å². The monoisotopic (exact) mass is 379 g/mol. The van der Waals surface area contributed by atoms with Gasteiger partial charge in [0.25, 0.3) is 0 Å². The van der Waals surface area contributed by atoms with Crippen LogP contribution in [0.1, 0.15) is 18.4 Å². The highest BCUT2D eigenvalue weighted by atomic mass is 16.5. The van der Waals surface area contributed by atoms with Gasteiger partial charge in [0.05, 0.1) is 18.8 Å². The Balaban J connectivity index is 1.34. The minimum Gasteiger partial charge on any atom is -0.496 e. The second kappa shape index (κ2) is 8.50. The van der Waals surface area contributed by atoms with Crippen LogP contribution in [-0.2, 0) is 13.1 Å². The Hall–Kier alpha value is -2.77. The first-order chi connectivity index (χ1) is 13.7. The minimum atomic E-state index is -0.339. The van der Waals surface area contributed by atoms with E-state index in [9.17, 15) is 5.11 Å². The molecule has 7 nitrogen and oxygen atoms in total. The van der Waals surface area contributed by atoms with Crippen molar-refractivity contribution in [3.8, 4) is 17.1 Å². The second-order valence-electron chi connectivity index (χ2n) is 7.24. The van der Waals surface area contributed by atoms with Crippen molar-refractivity contribution in [1.29, 1.82) is 0 Å². The van der Waals surface area contributed by atoms with Gasteiger partial charge >= 0.3 is 0 Å². The number of benzene rings is 1. The van der Waals surface area contributed by atoms with Crippen molar-refractivity contribution in [2.75, 3.05) is 7.11 Å². The van der Waals surface area contributed by atoms with E-state index in [1.807, 2.05) is 53.6 Å². The van der Waals surface area contributed by atoms with Crippen molar-refractivity contribution in [3.63, 3.8) is 0 Å². The molecule has 0 bridgehead atoms. The molecule has 2 aromatic heterocycles. The van der Waals surface area contributed by atoms with Crippen LogP contribution in [0.2, 0.25) is 0 Å². The first kappa shape index (κ1) is 18.6. The third kappa shape index (κ3) is 4.21. The highest BCUT2D eigenvalue weighted by molar-refractivity contribution is 5.63. The number of rotatable bonds is 7. The van der Waals surface area contributed by atoms with Gasteiger partial charge in [-0.25, -0.2) is 9.97 Å². The molecule has 0 radical (unpaired) electrons. The summed E-state index contributed by atoms with van der Waals surface area (Å²) in [5.74, 6) is 1.82. The maximum absolute atomic E-state index is 10.4. The zero-order valence-electron chi connectivity index (χ0n) is 15.9. The van der Waals surface area contributed by atoms with Crippen LogP contribution < -0.4 is 10.1 Å². The predicted octanol–water partition coefficient (Wildman–Crippen LogP) is 2.28. The van der Waals surface area contributed by atoms with E-state index in [-0.39, 0.29) is 12.1 Å². The summed E-state index contributed by atoms with van der Waals surface area (Å²) in [5, 5.41) is 18.1. The molecule has 0 saturated heterocycles. The Morgan fingerprint density at radius 2 is 2.00 bits per heavy atom. The van der Waals surface area contributed by atoms with Gasteiger partial charge < -0.3 is 15.2 Å². The van der Waals surface area contributed by atoms with Crippen LogP contribution in [-0.4, -0.2) is 44.1 Å². The predicted molar refractivity (Wildman–Crippen MR) is 106 cm³/mol. The van der Waals surface area contributed by atoms with E-state index in [2.05, 4.69) is 20.4 Å². The zero-order chi connectivity index (χ0) is 19.3. The summed E-state index contributed by atoms with van der Waals surface area (Å²) in [7, 11) is 1.64. The van der Waals surface area contributed by atoms with Gasteiger partial charge in [0.15, 0.2) is 5.82 Å². The van der Waals surface area contributed by atoms with Crippen molar-refractivity contribution in [2.24, 2.45) is 5.92 Å². The van der Waals surface area contributed by atoms with Gasteiger partial charge in [0.2, 0.25) is 0 Å². The molecule has 0 aliphatic heterocycles. The van der Waals surface area contributed by atoms with Crippen LogP contribution in [0.3, 0.4) is 0 Å². The van der Waals surface area contributed by atoms with Crippen LogP contribution in [0, 0.1) is 5.92 Å². The topological polar surface area (TPSA) is 85.1 Å². The molecule has 0 spiro atoms. The average molecular weight is 379 g/mol. The largest absolute Gasteiger partial charge is 0.496 e. The summed E-state index contributed by atoms with van der Waals surface area (Å²) in [6.07, 6.45) is 8.79. The fourth-order valence-corrected chi connectivity index (χ4v) is 3.82. The standard InChI is InChI=1S/C21H25N5O2/c1-28-20-6-3-2-5-17(20)21-23-12-16(13-24-21)11-22-18-9-15(10-19(18)27)14-26-8-4-7-25-26/h2-8,12-13,15,18-19,22,27H,9-11,14H2,1H3/t15?,18-,19-/m1/s1. The first-order valence-electron chi connectivity index (χ1n) is 9.56. The Kier molecular flexibility index (Phi) is 5.64. The zero-order valence-corrected chi connectivity index (χ0v) is 15.9. The van der Waals surface area contributed by atoms with Crippen molar-refractivity contribution >= 4 is 0 Å². The third-order valence-electron chi connectivity index (χ3n) is 5.25. The van der Waals surface area contributed by atoms with Crippen molar-refractivity contribution in [1.82, 2.24) is 25.1 Å². The Labute approximate surface area is 164 Å². The van der Waals surface area contributed by atoms with E-state index < -0.39 is 0 Å². The Morgan fingerprint density at radius 3 is 2.75 bits per heavy atom. The van der Waals surface area contributed by atoms with Crippen molar-refractivity contribution in [2.45, 2.75) is 38.1 Å². The lowest BCUT2D eigenvalue weighted by atomic mass is 10.1. The number of nitrogens with zero attached hydrogens (tertiary/aromatic N) is 4. The van der Waals surface area contributed by atoms with E-state index in [0.717, 1.165) is 36.3 Å².